The summed E-state index contributed by atoms with van der Waals surface area (Å²) in [5.41, 5.74) is 0.551. The van der Waals surface area contributed by atoms with Crippen LogP contribution >= 0.6 is 23.1 Å². The summed E-state index contributed by atoms with van der Waals surface area (Å²) in [6.45, 7) is 0.576. The van der Waals surface area contributed by atoms with Crippen molar-refractivity contribution in [3.05, 3.63) is 52.5 Å². The molecule has 0 aliphatic rings. The van der Waals surface area contributed by atoms with Crippen molar-refractivity contribution in [1.29, 1.82) is 0 Å². The van der Waals surface area contributed by atoms with Gasteiger partial charge in [-0.3, -0.25) is 4.79 Å². The lowest BCUT2D eigenvalue weighted by molar-refractivity contribution is -0.113. The van der Waals surface area contributed by atoms with E-state index in [1.165, 1.54) is 36.0 Å². The van der Waals surface area contributed by atoms with Crippen LogP contribution in [0.2, 0.25) is 0 Å². The van der Waals surface area contributed by atoms with Crippen molar-refractivity contribution in [2.45, 2.75) is 11.7 Å². The SMILES string of the molecule is O=C(CSc1nnnn1Cc1cccs1)Nc1ccc(F)cc1. The van der Waals surface area contributed by atoms with E-state index in [-0.39, 0.29) is 17.5 Å². The third kappa shape index (κ3) is 4.36. The van der Waals surface area contributed by atoms with E-state index in [0.29, 0.717) is 17.4 Å². The first-order valence-electron chi connectivity index (χ1n) is 6.67. The lowest BCUT2D eigenvalue weighted by atomic mass is 10.3. The van der Waals surface area contributed by atoms with E-state index in [1.54, 1.807) is 16.0 Å². The Bertz CT molecular complexity index is 773. The van der Waals surface area contributed by atoms with Crippen LogP contribution in [0.3, 0.4) is 0 Å². The van der Waals surface area contributed by atoms with E-state index in [1.807, 2.05) is 17.5 Å². The number of nitrogens with one attached hydrogen (secondary N) is 1. The Kier molecular flexibility index (Phi) is 4.99. The molecule has 0 aliphatic carbocycles. The Hall–Kier alpha value is -2.26. The van der Waals surface area contributed by atoms with E-state index < -0.39 is 0 Å². The Labute approximate surface area is 139 Å². The number of thiophene rings is 1. The quantitative estimate of drug-likeness (QED) is 0.693. The minimum atomic E-state index is -0.342. The van der Waals surface area contributed by atoms with Crippen molar-refractivity contribution >= 4 is 34.7 Å². The number of hydrogen-bond donors (Lipinski definition) is 1. The number of hydrogen-bond acceptors (Lipinski definition) is 6. The predicted octanol–water partition coefficient (Wildman–Crippen LogP) is 2.65. The summed E-state index contributed by atoms with van der Waals surface area (Å²) in [7, 11) is 0. The maximum atomic E-state index is 12.8. The highest BCUT2D eigenvalue weighted by atomic mass is 32.2. The molecule has 118 valence electrons. The second kappa shape index (κ2) is 7.34. The van der Waals surface area contributed by atoms with Gasteiger partial charge in [0.15, 0.2) is 0 Å². The number of halogens is 1. The molecule has 2 aromatic heterocycles. The fraction of sp³-hybridized carbons (Fsp3) is 0.143. The fourth-order valence-electron chi connectivity index (χ4n) is 1.81. The van der Waals surface area contributed by atoms with Gasteiger partial charge >= 0.3 is 0 Å². The molecule has 23 heavy (non-hydrogen) atoms. The number of carbonyl (C=O) groups is 1. The van der Waals surface area contributed by atoms with Crippen LogP contribution in [-0.2, 0) is 11.3 Å². The van der Waals surface area contributed by atoms with Gasteiger partial charge in [-0.2, -0.15) is 0 Å². The third-order valence-electron chi connectivity index (χ3n) is 2.85. The van der Waals surface area contributed by atoms with Crippen molar-refractivity contribution in [2.75, 3.05) is 11.1 Å². The molecule has 0 aliphatic heterocycles. The summed E-state index contributed by atoms with van der Waals surface area (Å²) in [4.78, 5) is 13.1. The molecule has 0 unspecified atom stereocenters. The number of benzene rings is 1. The molecule has 1 aromatic carbocycles. The second-order valence-corrected chi connectivity index (χ2v) is 6.52. The summed E-state index contributed by atoms with van der Waals surface area (Å²) in [6, 6.07) is 9.58. The zero-order valence-electron chi connectivity index (χ0n) is 11.8. The lowest BCUT2D eigenvalue weighted by Crippen LogP contribution is -2.14. The van der Waals surface area contributed by atoms with Crippen LogP contribution < -0.4 is 5.32 Å². The first-order chi connectivity index (χ1) is 11.2. The number of thioether (sulfide) groups is 1. The predicted molar refractivity (Wildman–Crippen MR) is 87.0 cm³/mol. The number of tetrazole rings is 1. The number of nitrogens with zero attached hydrogens (tertiary/aromatic N) is 4. The zero-order chi connectivity index (χ0) is 16.1. The van der Waals surface area contributed by atoms with Gasteiger partial charge in [-0.1, -0.05) is 17.8 Å². The van der Waals surface area contributed by atoms with Crippen molar-refractivity contribution in [1.82, 2.24) is 20.2 Å². The normalized spacial score (nSPS) is 10.7. The lowest BCUT2D eigenvalue weighted by Gasteiger charge is -2.05. The standard InChI is InChI=1S/C14H12FN5OS2/c15-10-3-5-11(6-4-10)16-13(21)9-23-14-17-18-19-20(14)8-12-2-1-7-22-12/h1-7H,8-9H2,(H,16,21). The highest BCUT2D eigenvalue weighted by Crippen LogP contribution is 2.17. The van der Waals surface area contributed by atoms with Gasteiger partial charge in [-0.05, 0) is 46.1 Å². The largest absolute Gasteiger partial charge is 0.325 e. The Morgan fingerprint density at radius 1 is 1.30 bits per heavy atom. The molecule has 3 rings (SSSR count). The summed E-state index contributed by atoms with van der Waals surface area (Å²) < 4.78 is 14.5. The van der Waals surface area contributed by atoms with Gasteiger partial charge in [0.2, 0.25) is 11.1 Å². The molecular formula is C14H12FN5OS2. The smallest absolute Gasteiger partial charge is 0.234 e. The highest BCUT2D eigenvalue weighted by molar-refractivity contribution is 7.99. The Morgan fingerprint density at radius 3 is 2.87 bits per heavy atom. The number of anilines is 1. The van der Waals surface area contributed by atoms with Gasteiger partial charge < -0.3 is 5.32 Å². The monoisotopic (exact) mass is 349 g/mol. The van der Waals surface area contributed by atoms with Crippen molar-refractivity contribution < 1.29 is 9.18 Å². The van der Waals surface area contributed by atoms with E-state index in [0.717, 1.165) is 4.88 Å². The van der Waals surface area contributed by atoms with E-state index in [9.17, 15) is 9.18 Å². The van der Waals surface area contributed by atoms with Crippen LogP contribution in [0, 0.1) is 5.82 Å². The third-order valence-corrected chi connectivity index (χ3v) is 4.66. The molecule has 1 amide bonds. The van der Waals surface area contributed by atoms with Gasteiger partial charge in [0.05, 0.1) is 12.3 Å². The molecule has 0 saturated carbocycles. The van der Waals surface area contributed by atoms with Gasteiger partial charge in [0.25, 0.3) is 0 Å². The van der Waals surface area contributed by atoms with Gasteiger partial charge in [0.1, 0.15) is 5.82 Å². The summed E-state index contributed by atoms with van der Waals surface area (Å²) in [5.74, 6) is -0.375. The average molecular weight is 349 g/mol. The molecule has 1 N–H and O–H groups in total. The van der Waals surface area contributed by atoms with Crippen LogP contribution in [0.15, 0.2) is 46.9 Å². The van der Waals surface area contributed by atoms with Crippen LogP contribution in [0.25, 0.3) is 0 Å². The minimum absolute atomic E-state index is 0.169. The van der Waals surface area contributed by atoms with E-state index >= 15 is 0 Å². The minimum Gasteiger partial charge on any atom is -0.325 e. The summed E-state index contributed by atoms with van der Waals surface area (Å²) >= 11 is 2.87. The first kappa shape index (κ1) is 15.6. The molecule has 0 fully saturated rings. The molecule has 6 nitrogen and oxygen atoms in total. The van der Waals surface area contributed by atoms with Crippen molar-refractivity contribution in [3.63, 3.8) is 0 Å². The molecule has 0 radical (unpaired) electrons. The maximum absolute atomic E-state index is 12.8. The van der Waals surface area contributed by atoms with Crippen LogP contribution in [-0.4, -0.2) is 31.9 Å². The Morgan fingerprint density at radius 2 is 2.13 bits per heavy atom. The van der Waals surface area contributed by atoms with E-state index in [4.69, 9.17) is 0 Å². The summed E-state index contributed by atoms with van der Waals surface area (Å²) in [6.07, 6.45) is 0. The molecule has 0 bridgehead atoms. The molecule has 3 aromatic rings. The number of aromatic nitrogens is 4. The van der Waals surface area contributed by atoms with Crippen molar-refractivity contribution in [2.24, 2.45) is 0 Å². The van der Waals surface area contributed by atoms with Gasteiger partial charge in [0, 0.05) is 10.6 Å². The number of carbonyl (C=O) groups excluding carboxylic acids is 1. The second-order valence-electron chi connectivity index (χ2n) is 4.54. The fourth-order valence-corrected chi connectivity index (χ4v) is 3.17. The average Bonchev–Trinajstić information content (AvgIpc) is 3.20. The van der Waals surface area contributed by atoms with Gasteiger partial charge in [-0.15, -0.1) is 16.4 Å². The summed E-state index contributed by atoms with van der Waals surface area (Å²) in [5, 5.41) is 16.8. The Balaban J connectivity index is 1.55. The van der Waals surface area contributed by atoms with Crippen LogP contribution in [0.1, 0.15) is 4.88 Å². The molecule has 9 heteroatoms. The van der Waals surface area contributed by atoms with Crippen LogP contribution in [0.4, 0.5) is 10.1 Å². The van der Waals surface area contributed by atoms with Crippen LogP contribution in [0.5, 0.6) is 0 Å². The highest BCUT2D eigenvalue weighted by Gasteiger charge is 2.11. The molecular weight excluding hydrogens is 337 g/mol. The molecule has 0 atom stereocenters. The van der Waals surface area contributed by atoms with Crippen molar-refractivity contribution in [3.8, 4) is 0 Å². The molecule has 2 heterocycles. The topological polar surface area (TPSA) is 72.7 Å². The van der Waals surface area contributed by atoms with Gasteiger partial charge in [-0.25, -0.2) is 9.07 Å². The van der Waals surface area contributed by atoms with E-state index in [2.05, 4.69) is 20.8 Å². The number of amides is 1. The zero-order valence-corrected chi connectivity index (χ0v) is 13.5. The maximum Gasteiger partial charge on any atom is 0.234 e. The first-order valence-corrected chi connectivity index (χ1v) is 8.54. The molecule has 0 spiro atoms. The number of rotatable bonds is 6. The molecule has 0 saturated heterocycles.